The van der Waals surface area contributed by atoms with E-state index >= 15 is 0 Å². The minimum atomic E-state index is 0.263. The van der Waals surface area contributed by atoms with Crippen LogP contribution in [0.1, 0.15) is 19.3 Å². The molecule has 0 aliphatic carbocycles. The SMILES string of the molecule is COc1cccc(OCCCCC[NH2+]CCO)c1. The van der Waals surface area contributed by atoms with E-state index in [0.29, 0.717) is 0 Å². The zero-order chi connectivity index (χ0) is 13.1. The lowest BCUT2D eigenvalue weighted by Crippen LogP contribution is -2.85. The molecule has 0 spiro atoms. The molecular weight excluding hydrogens is 230 g/mol. The number of aliphatic hydroxyl groups excluding tert-OH is 1. The molecule has 0 unspecified atom stereocenters. The highest BCUT2D eigenvalue weighted by molar-refractivity contribution is 5.32. The highest BCUT2D eigenvalue weighted by atomic mass is 16.5. The third-order valence-corrected chi connectivity index (χ3v) is 2.70. The monoisotopic (exact) mass is 254 g/mol. The summed E-state index contributed by atoms with van der Waals surface area (Å²) in [7, 11) is 1.65. The van der Waals surface area contributed by atoms with Gasteiger partial charge in [0.15, 0.2) is 0 Å². The zero-order valence-electron chi connectivity index (χ0n) is 11.1. The van der Waals surface area contributed by atoms with Crippen molar-refractivity contribution in [1.82, 2.24) is 0 Å². The first-order chi connectivity index (χ1) is 8.86. The van der Waals surface area contributed by atoms with Gasteiger partial charge in [-0.1, -0.05) is 6.07 Å². The van der Waals surface area contributed by atoms with Crippen molar-refractivity contribution < 1.29 is 19.9 Å². The van der Waals surface area contributed by atoms with E-state index in [0.717, 1.165) is 44.0 Å². The summed E-state index contributed by atoms with van der Waals surface area (Å²) in [5, 5.41) is 10.8. The molecule has 4 heteroatoms. The number of aliphatic hydroxyl groups is 1. The average molecular weight is 254 g/mol. The van der Waals surface area contributed by atoms with Gasteiger partial charge in [0.2, 0.25) is 0 Å². The van der Waals surface area contributed by atoms with Gasteiger partial charge in [-0.3, -0.25) is 0 Å². The number of unbranched alkanes of at least 4 members (excludes halogenated alkanes) is 2. The largest absolute Gasteiger partial charge is 0.497 e. The fourth-order valence-corrected chi connectivity index (χ4v) is 1.68. The first-order valence-corrected chi connectivity index (χ1v) is 6.56. The Morgan fingerprint density at radius 1 is 1.11 bits per heavy atom. The van der Waals surface area contributed by atoms with Crippen molar-refractivity contribution in [1.29, 1.82) is 0 Å². The minimum Gasteiger partial charge on any atom is -0.497 e. The summed E-state index contributed by atoms with van der Waals surface area (Å²) < 4.78 is 10.8. The smallest absolute Gasteiger partial charge is 0.122 e. The number of ether oxygens (including phenoxy) is 2. The average Bonchev–Trinajstić information content (AvgIpc) is 2.42. The first-order valence-electron chi connectivity index (χ1n) is 6.56. The molecule has 0 aromatic heterocycles. The molecule has 3 N–H and O–H groups in total. The summed E-state index contributed by atoms with van der Waals surface area (Å²) in [5.41, 5.74) is 0. The lowest BCUT2D eigenvalue weighted by Gasteiger charge is -2.07. The van der Waals surface area contributed by atoms with Gasteiger partial charge in [0, 0.05) is 6.07 Å². The van der Waals surface area contributed by atoms with Crippen LogP contribution in [0.4, 0.5) is 0 Å². The number of methoxy groups -OCH3 is 1. The molecule has 0 saturated heterocycles. The van der Waals surface area contributed by atoms with Gasteiger partial charge in [-0.2, -0.15) is 0 Å². The standard InChI is InChI=1S/C14H23NO3/c1-17-13-6-5-7-14(12-13)18-11-4-2-3-8-15-9-10-16/h5-7,12,15-16H,2-4,8-11H2,1H3/p+1. The van der Waals surface area contributed by atoms with Crippen molar-refractivity contribution in [2.24, 2.45) is 0 Å². The van der Waals surface area contributed by atoms with Crippen LogP contribution in [-0.4, -0.2) is 38.5 Å². The molecule has 0 aliphatic heterocycles. The van der Waals surface area contributed by atoms with Gasteiger partial charge in [0.25, 0.3) is 0 Å². The molecule has 1 rings (SSSR count). The maximum atomic E-state index is 8.61. The molecule has 0 bridgehead atoms. The third kappa shape index (κ3) is 6.47. The highest BCUT2D eigenvalue weighted by Gasteiger charge is 1.97. The van der Waals surface area contributed by atoms with Crippen LogP contribution in [0.3, 0.4) is 0 Å². The maximum Gasteiger partial charge on any atom is 0.122 e. The Kier molecular flexibility index (Phi) is 8.01. The first kappa shape index (κ1) is 14.8. The predicted molar refractivity (Wildman–Crippen MR) is 71.1 cm³/mol. The molecule has 1 aromatic carbocycles. The van der Waals surface area contributed by atoms with E-state index < -0.39 is 0 Å². The van der Waals surface area contributed by atoms with Crippen molar-refractivity contribution in [3.8, 4) is 11.5 Å². The molecular formula is C14H24NO3+. The Hall–Kier alpha value is -1.26. The van der Waals surface area contributed by atoms with Gasteiger partial charge in [-0.05, 0) is 31.4 Å². The fraction of sp³-hybridized carbons (Fsp3) is 0.571. The van der Waals surface area contributed by atoms with Crippen molar-refractivity contribution in [2.45, 2.75) is 19.3 Å². The van der Waals surface area contributed by atoms with Gasteiger partial charge in [0.05, 0.1) is 33.4 Å². The van der Waals surface area contributed by atoms with Crippen LogP contribution in [0.25, 0.3) is 0 Å². The van der Waals surface area contributed by atoms with Crippen molar-refractivity contribution >= 4 is 0 Å². The number of benzene rings is 1. The van der Waals surface area contributed by atoms with E-state index in [-0.39, 0.29) is 6.61 Å². The number of hydrogen-bond donors (Lipinski definition) is 2. The summed E-state index contributed by atoms with van der Waals surface area (Å²) in [5.74, 6) is 1.69. The Labute approximate surface area is 109 Å². The number of hydrogen-bond acceptors (Lipinski definition) is 3. The van der Waals surface area contributed by atoms with Crippen LogP contribution in [0.15, 0.2) is 24.3 Å². The number of rotatable bonds is 10. The summed E-state index contributed by atoms with van der Waals surface area (Å²) in [6, 6.07) is 7.68. The highest BCUT2D eigenvalue weighted by Crippen LogP contribution is 2.18. The van der Waals surface area contributed by atoms with E-state index in [1.54, 1.807) is 7.11 Å². The molecule has 0 fully saturated rings. The quantitative estimate of drug-likeness (QED) is 0.607. The Balaban J connectivity index is 2.03. The minimum absolute atomic E-state index is 0.263. The molecule has 0 aliphatic rings. The summed E-state index contributed by atoms with van der Waals surface area (Å²) in [6.45, 7) is 2.89. The van der Waals surface area contributed by atoms with E-state index in [9.17, 15) is 0 Å². The molecule has 0 saturated carbocycles. The van der Waals surface area contributed by atoms with Crippen LogP contribution in [0, 0.1) is 0 Å². The molecule has 0 atom stereocenters. The van der Waals surface area contributed by atoms with Crippen LogP contribution < -0.4 is 14.8 Å². The van der Waals surface area contributed by atoms with Crippen molar-refractivity contribution in [2.75, 3.05) is 33.4 Å². The number of quaternary nitrogens is 1. The second kappa shape index (κ2) is 9.74. The molecule has 0 amide bonds. The van der Waals surface area contributed by atoms with Gasteiger partial charge >= 0.3 is 0 Å². The normalized spacial score (nSPS) is 10.3. The topological polar surface area (TPSA) is 55.3 Å². The van der Waals surface area contributed by atoms with Gasteiger partial charge in [-0.15, -0.1) is 0 Å². The van der Waals surface area contributed by atoms with Gasteiger partial charge in [0.1, 0.15) is 11.5 Å². The zero-order valence-corrected chi connectivity index (χ0v) is 11.1. The van der Waals surface area contributed by atoms with E-state index in [4.69, 9.17) is 14.6 Å². The van der Waals surface area contributed by atoms with Crippen molar-refractivity contribution in [3.05, 3.63) is 24.3 Å². The van der Waals surface area contributed by atoms with Gasteiger partial charge < -0.3 is 19.9 Å². The lowest BCUT2D eigenvalue weighted by molar-refractivity contribution is -0.656. The van der Waals surface area contributed by atoms with Gasteiger partial charge in [-0.25, -0.2) is 0 Å². The maximum absolute atomic E-state index is 8.61. The molecule has 0 heterocycles. The van der Waals surface area contributed by atoms with Crippen LogP contribution in [-0.2, 0) is 0 Å². The second-order valence-corrected chi connectivity index (χ2v) is 4.18. The molecule has 102 valence electrons. The van der Waals surface area contributed by atoms with Crippen LogP contribution in [0.2, 0.25) is 0 Å². The van der Waals surface area contributed by atoms with E-state index in [1.165, 1.54) is 6.42 Å². The Morgan fingerprint density at radius 2 is 1.94 bits per heavy atom. The predicted octanol–water partition coefficient (Wildman–Crippen LogP) is 0.800. The molecule has 18 heavy (non-hydrogen) atoms. The molecule has 4 nitrogen and oxygen atoms in total. The van der Waals surface area contributed by atoms with E-state index in [2.05, 4.69) is 5.32 Å². The Bertz CT molecular complexity index is 318. The van der Waals surface area contributed by atoms with Crippen LogP contribution in [0.5, 0.6) is 11.5 Å². The number of nitrogens with two attached hydrogens (primary N) is 1. The molecule has 0 radical (unpaired) electrons. The summed E-state index contributed by atoms with van der Waals surface area (Å²) in [4.78, 5) is 0. The van der Waals surface area contributed by atoms with Crippen LogP contribution >= 0.6 is 0 Å². The summed E-state index contributed by atoms with van der Waals surface area (Å²) in [6.07, 6.45) is 3.39. The molecule has 1 aromatic rings. The third-order valence-electron chi connectivity index (χ3n) is 2.70. The Morgan fingerprint density at radius 3 is 2.72 bits per heavy atom. The van der Waals surface area contributed by atoms with Crippen molar-refractivity contribution in [3.63, 3.8) is 0 Å². The van der Waals surface area contributed by atoms with E-state index in [1.807, 2.05) is 24.3 Å². The second-order valence-electron chi connectivity index (χ2n) is 4.18. The lowest BCUT2D eigenvalue weighted by atomic mass is 10.2. The fourth-order valence-electron chi connectivity index (χ4n) is 1.68. The summed E-state index contributed by atoms with van der Waals surface area (Å²) >= 11 is 0.